The van der Waals surface area contributed by atoms with E-state index in [0.29, 0.717) is 0 Å². The van der Waals surface area contributed by atoms with Gasteiger partial charge >= 0.3 is 0 Å². The van der Waals surface area contributed by atoms with Gasteiger partial charge < -0.3 is 0 Å². The number of nitrogens with one attached hydrogen (secondary N) is 1. The summed E-state index contributed by atoms with van der Waals surface area (Å²) in [5.74, 6) is 0. The Kier molecular flexibility index (Phi) is 4.28. The average molecular weight is 198 g/mol. The monoisotopic (exact) mass is 198 g/mol. The molecule has 1 radical (unpaired) electrons. The Bertz CT molecular complexity index is 370. The van der Waals surface area contributed by atoms with Crippen LogP contribution in [0, 0.1) is 6.92 Å². The molecule has 0 aliphatic carbocycles. The van der Waals surface area contributed by atoms with Crippen molar-refractivity contribution in [3.8, 4) is 11.3 Å². The van der Waals surface area contributed by atoms with Crippen molar-refractivity contribution in [2.24, 2.45) is 0 Å². The van der Waals surface area contributed by atoms with Gasteiger partial charge in [-0.2, -0.15) is 0 Å². The minimum absolute atomic E-state index is 0. The van der Waals surface area contributed by atoms with Crippen molar-refractivity contribution >= 4 is 51.4 Å². The summed E-state index contributed by atoms with van der Waals surface area (Å²) in [6, 6.07) is 8.10. The summed E-state index contributed by atoms with van der Waals surface area (Å²) in [7, 11) is 0. The van der Waals surface area contributed by atoms with Gasteiger partial charge in [0.25, 0.3) is 0 Å². The number of aromatic amines is 1. The molecule has 0 amide bonds. The molecule has 1 aromatic carbocycles. The second kappa shape index (κ2) is 5.02. The molecule has 0 saturated heterocycles. The summed E-state index contributed by atoms with van der Waals surface area (Å²) in [4.78, 5) is 0. The molecule has 0 saturated carbocycles. The summed E-state index contributed by atoms with van der Waals surface area (Å²) in [5.41, 5.74) is 3.24. The Morgan fingerprint density at radius 3 is 2.62 bits per heavy atom. The van der Waals surface area contributed by atoms with Crippen molar-refractivity contribution < 1.29 is 0 Å². The predicted octanol–water partition coefficient (Wildman–Crippen LogP) is 1.40. The van der Waals surface area contributed by atoms with Crippen molar-refractivity contribution in [2.75, 3.05) is 0 Å². The molecule has 1 aromatic heterocycles. The maximum Gasteiger partial charge on any atom is 0.113 e. The number of H-pyrrole nitrogens is 1. The van der Waals surface area contributed by atoms with E-state index in [9.17, 15) is 0 Å². The number of rotatable bonds is 1. The van der Waals surface area contributed by atoms with E-state index in [1.165, 1.54) is 5.56 Å². The average Bonchev–Trinajstić information content (AvgIpc) is 2.57. The predicted molar refractivity (Wildman–Crippen MR) is 52.3 cm³/mol. The maximum atomic E-state index is 3.94. The molecule has 1 heterocycles. The van der Waals surface area contributed by atoms with Crippen LogP contribution in [-0.2, 0) is 0 Å². The van der Waals surface area contributed by atoms with E-state index in [2.05, 4.69) is 28.4 Å². The second-order valence-corrected chi connectivity index (χ2v) is 2.67. The van der Waals surface area contributed by atoms with Crippen LogP contribution in [-0.4, -0.2) is 66.8 Å². The number of benzene rings is 1. The molecule has 2 aromatic rings. The van der Waals surface area contributed by atoms with Gasteiger partial charge in [0, 0.05) is 63.1 Å². The Balaban J connectivity index is 0.000000845. The molecule has 2 rings (SSSR count). The summed E-state index contributed by atoms with van der Waals surface area (Å²) in [6.45, 7) is 2.06. The normalized spacial score (nSPS) is 9.31. The van der Waals surface area contributed by atoms with E-state index < -0.39 is 0 Å². The SMILES string of the molecule is Cc1ccccc1-c1c[nH]nn1.[K]. The fraction of sp³-hybridized carbons (Fsp3) is 0.111. The molecule has 0 spiro atoms. The van der Waals surface area contributed by atoms with Gasteiger partial charge in [-0.15, -0.1) is 5.10 Å². The van der Waals surface area contributed by atoms with Gasteiger partial charge in [0.05, 0.1) is 0 Å². The summed E-state index contributed by atoms with van der Waals surface area (Å²) in [5, 5.41) is 10.3. The summed E-state index contributed by atoms with van der Waals surface area (Å²) in [6.07, 6.45) is 1.79. The Hall–Kier alpha value is -0.00364. The molecule has 0 aliphatic rings. The van der Waals surface area contributed by atoms with Crippen LogP contribution in [0.3, 0.4) is 0 Å². The third-order valence-corrected chi connectivity index (χ3v) is 1.84. The molecule has 4 heteroatoms. The van der Waals surface area contributed by atoms with Crippen molar-refractivity contribution in [2.45, 2.75) is 6.92 Å². The molecule has 13 heavy (non-hydrogen) atoms. The smallest absolute Gasteiger partial charge is 0.113 e. The number of hydrogen-bond acceptors (Lipinski definition) is 2. The zero-order valence-electron chi connectivity index (χ0n) is 7.78. The van der Waals surface area contributed by atoms with E-state index in [1.54, 1.807) is 6.20 Å². The quantitative estimate of drug-likeness (QED) is 0.704. The van der Waals surface area contributed by atoms with Crippen LogP contribution < -0.4 is 0 Å². The van der Waals surface area contributed by atoms with E-state index >= 15 is 0 Å². The number of nitrogens with zero attached hydrogens (tertiary/aromatic N) is 2. The minimum atomic E-state index is 0. The molecular weight excluding hydrogens is 189 g/mol. The van der Waals surface area contributed by atoms with Crippen LogP contribution in [0.25, 0.3) is 11.3 Å². The molecule has 0 aliphatic heterocycles. The topological polar surface area (TPSA) is 41.6 Å². The molecule has 1 N–H and O–H groups in total. The van der Waals surface area contributed by atoms with Crippen molar-refractivity contribution in [3.05, 3.63) is 36.0 Å². The van der Waals surface area contributed by atoms with Gasteiger partial charge in [0.1, 0.15) is 5.69 Å². The Morgan fingerprint density at radius 2 is 2.00 bits per heavy atom. The van der Waals surface area contributed by atoms with Crippen molar-refractivity contribution in [3.63, 3.8) is 0 Å². The standard InChI is InChI=1S/C9H9N3.K/c1-7-4-2-3-5-8(7)9-6-10-12-11-9;/h2-6H,1H3,(H,10,11,12);. The molecule has 0 atom stereocenters. The van der Waals surface area contributed by atoms with Gasteiger partial charge in [-0.1, -0.05) is 29.5 Å². The van der Waals surface area contributed by atoms with E-state index in [0.717, 1.165) is 11.3 Å². The largest absolute Gasteiger partial charge is 0.265 e. The van der Waals surface area contributed by atoms with Crippen LogP contribution >= 0.6 is 0 Å². The molecular formula is C9H9KN3. The number of aromatic nitrogens is 3. The Labute approximate surface area is 119 Å². The first kappa shape index (κ1) is 11.1. The van der Waals surface area contributed by atoms with Gasteiger partial charge in [0.15, 0.2) is 0 Å². The number of aryl methyl sites for hydroxylation is 1. The zero-order chi connectivity index (χ0) is 8.39. The summed E-state index contributed by atoms with van der Waals surface area (Å²) >= 11 is 0. The van der Waals surface area contributed by atoms with Crippen molar-refractivity contribution in [1.82, 2.24) is 15.4 Å². The van der Waals surface area contributed by atoms with Gasteiger partial charge in [-0.3, -0.25) is 5.10 Å². The van der Waals surface area contributed by atoms with Crippen LogP contribution in [0.2, 0.25) is 0 Å². The van der Waals surface area contributed by atoms with Crippen LogP contribution in [0.5, 0.6) is 0 Å². The minimum Gasteiger partial charge on any atom is -0.265 e. The van der Waals surface area contributed by atoms with E-state index in [4.69, 9.17) is 0 Å². The second-order valence-electron chi connectivity index (χ2n) is 2.67. The van der Waals surface area contributed by atoms with Crippen LogP contribution in [0.4, 0.5) is 0 Å². The first-order valence-electron chi connectivity index (χ1n) is 3.80. The fourth-order valence-corrected chi connectivity index (χ4v) is 1.19. The third-order valence-electron chi connectivity index (χ3n) is 1.84. The molecule has 0 fully saturated rings. The van der Waals surface area contributed by atoms with Gasteiger partial charge in [0.2, 0.25) is 0 Å². The van der Waals surface area contributed by atoms with Crippen molar-refractivity contribution in [1.29, 1.82) is 0 Å². The molecule has 0 unspecified atom stereocenters. The maximum absolute atomic E-state index is 3.94. The fourth-order valence-electron chi connectivity index (χ4n) is 1.19. The molecule has 61 valence electrons. The Morgan fingerprint density at radius 1 is 1.23 bits per heavy atom. The molecule has 0 bridgehead atoms. The van der Waals surface area contributed by atoms with Gasteiger partial charge in [-0.05, 0) is 12.5 Å². The zero-order valence-corrected chi connectivity index (χ0v) is 10.9. The first-order chi connectivity index (χ1) is 5.88. The summed E-state index contributed by atoms with van der Waals surface area (Å²) < 4.78 is 0. The third kappa shape index (κ3) is 2.48. The van der Waals surface area contributed by atoms with E-state index in [1.807, 2.05) is 18.2 Å². The number of hydrogen-bond donors (Lipinski definition) is 1. The molecule has 3 nitrogen and oxygen atoms in total. The van der Waals surface area contributed by atoms with Gasteiger partial charge in [-0.25, -0.2) is 0 Å². The van der Waals surface area contributed by atoms with Crippen LogP contribution in [0.15, 0.2) is 30.5 Å². The van der Waals surface area contributed by atoms with Crippen LogP contribution in [0.1, 0.15) is 5.56 Å². The van der Waals surface area contributed by atoms with E-state index in [-0.39, 0.29) is 51.4 Å². The first-order valence-corrected chi connectivity index (χ1v) is 3.80.